The van der Waals surface area contributed by atoms with Gasteiger partial charge in [0.1, 0.15) is 6.10 Å². The number of carbonyl (C=O) groups excluding carboxylic acids is 2. The number of aliphatic hydroxyl groups excluding tert-OH is 1. The Balaban J connectivity index is 0. The summed E-state index contributed by atoms with van der Waals surface area (Å²) in [5.41, 5.74) is 0. The summed E-state index contributed by atoms with van der Waals surface area (Å²) in [5, 5.41) is 8.94. The van der Waals surface area contributed by atoms with Gasteiger partial charge < -0.3 is 9.84 Å². The standard InChI is InChI=1S/C21H38O4.Ca.2H/c1-3-4-5-6-7-8-9-10-11-12-13-14-15-16-17-18-20(23)25-21(24)19(2)22;;;/h10-11,19,22H,3-9,12-18H2,1-2H3;;;/b11-10-;;;. The molecule has 0 bridgehead atoms. The first-order valence-electron chi connectivity index (χ1n) is 10.2. The molecule has 1 N–H and O–H groups in total. The first kappa shape index (κ1) is 28.3. The van der Waals surface area contributed by atoms with Crippen LogP contribution in [0.5, 0.6) is 0 Å². The van der Waals surface area contributed by atoms with Crippen molar-refractivity contribution in [3.63, 3.8) is 0 Å². The van der Waals surface area contributed by atoms with Crippen molar-refractivity contribution < 1.29 is 19.4 Å². The van der Waals surface area contributed by atoms with E-state index >= 15 is 0 Å². The third kappa shape index (κ3) is 20.4. The molecule has 0 aliphatic rings. The third-order valence-corrected chi connectivity index (χ3v) is 4.20. The Kier molecular flexibility index (Phi) is 23.3. The molecule has 0 saturated carbocycles. The maximum absolute atomic E-state index is 11.3. The number of hydrogen-bond acceptors (Lipinski definition) is 4. The van der Waals surface area contributed by atoms with Gasteiger partial charge in [0.15, 0.2) is 0 Å². The average Bonchev–Trinajstić information content (AvgIpc) is 2.58. The van der Waals surface area contributed by atoms with Crippen LogP contribution in [0.4, 0.5) is 0 Å². The van der Waals surface area contributed by atoms with Gasteiger partial charge in [0.25, 0.3) is 0 Å². The van der Waals surface area contributed by atoms with Gasteiger partial charge in [-0.3, -0.25) is 4.79 Å². The third-order valence-electron chi connectivity index (χ3n) is 4.20. The predicted molar refractivity (Wildman–Crippen MR) is 111 cm³/mol. The fourth-order valence-corrected chi connectivity index (χ4v) is 2.59. The molecule has 0 heterocycles. The van der Waals surface area contributed by atoms with Crippen LogP contribution in [0.25, 0.3) is 0 Å². The molecule has 0 aliphatic heterocycles. The number of allylic oxidation sites excluding steroid dienone is 2. The molecular weight excluding hydrogens is 356 g/mol. The van der Waals surface area contributed by atoms with E-state index in [0.717, 1.165) is 25.7 Å². The molecule has 5 heteroatoms. The minimum atomic E-state index is -1.24. The SMILES string of the molecule is CCCCCCCC/C=C\CCCCCCCC(=O)OC(=O)C(C)O.[CaH2]. The molecule has 0 rings (SSSR count). The second-order valence-corrected chi connectivity index (χ2v) is 6.80. The van der Waals surface area contributed by atoms with Crippen molar-refractivity contribution in [3.8, 4) is 0 Å². The summed E-state index contributed by atoms with van der Waals surface area (Å²) in [4.78, 5) is 22.3. The van der Waals surface area contributed by atoms with E-state index in [1.165, 1.54) is 64.7 Å². The summed E-state index contributed by atoms with van der Waals surface area (Å²) < 4.78 is 4.49. The van der Waals surface area contributed by atoms with Crippen molar-refractivity contribution in [2.75, 3.05) is 0 Å². The Labute approximate surface area is 190 Å². The summed E-state index contributed by atoms with van der Waals surface area (Å²) in [7, 11) is 0. The van der Waals surface area contributed by atoms with Crippen LogP contribution < -0.4 is 0 Å². The summed E-state index contributed by atoms with van der Waals surface area (Å²) in [6, 6.07) is 0. The second kappa shape index (κ2) is 21.4. The number of unbranched alkanes of at least 4 members (excludes halogenated alkanes) is 11. The summed E-state index contributed by atoms with van der Waals surface area (Å²) in [6.45, 7) is 3.54. The normalized spacial score (nSPS) is 12.0. The number of carbonyl (C=O) groups is 2. The van der Waals surface area contributed by atoms with Crippen molar-refractivity contribution in [1.29, 1.82) is 0 Å². The van der Waals surface area contributed by atoms with Crippen LogP contribution in [0.2, 0.25) is 0 Å². The molecular formula is C21H40CaO4. The van der Waals surface area contributed by atoms with E-state index in [2.05, 4.69) is 23.8 Å². The van der Waals surface area contributed by atoms with Crippen LogP contribution in [0.1, 0.15) is 104 Å². The van der Waals surface area contributed by atoms with Gasteiger partial charge >= 0.3 is 49.7 Å². The van der Waals surface area contributed by atoms with Gasteiger partial charge in [-0.05, 0) is 39.0 Å². The van der Waals surface area contributed by atoms with Crippen molar-refractivity contribution in [2.45, 2.75) is 110 Å². The Morgan fingerprint density at radius 3 is 1.81 bits per heavy atom. The number of rotatable bonds is 16. The zero-order valence-corrected chi connectivity index (χ0v) is 16.3. The van der Waals surface area contributed by atoms with Crippen LogP contribution in [-0.2, 0) is 14.3 Å². The van der Waals surface area contributed by atoms with E-state index in [-0.39, 0.29) is 44.2 Å². The molecule has 0 aromatic carbocycles. The zero-order chi connectivity index (χ0) is 18.8. The van der Waals surface area contributed by atoms with Gasteiger partial charge in [-0.15, -0.1) is 0 Å². The molecule has 26 heavy (non-hydrogen) atoms. The number of esters is 2. The van der Waals surface area contributed by atoms with Crippen molar-refractivity contribution in [3.05, 3.63) is 12.2 Å². The van der Waals surface area contributed by atoms with E-state index in [1.807, 2.05) is 0 Å². The maximum atomic E-state index is 11.3. The fraction of sp³-hybridized carbons (Fsp3) is 0.810. The van der Waals surface area contributed by atoms with E-state index in [4.69, 9.17) is 5.11 Å². The Bertz CT molecular complexity index is 367. The van der Waals surface area contributed by atoms with Crippen molar-refractivity contribution in [1.82, 2.24) is 0 Å². The van der Waals surface area contributed by atoms with Gasteiger partial charge in [0.05, 0.1) is 0 Å². The Morgan fingerprint density at radius 2 is 1.31 bits per heavy atom. The number of hydrogen-bond donors (Lipinski definition) is 1. The van der Waals surface area contributed by atoms with Crippen molar-refractivity contribution in [2.24, 2.45) is 0 Å². The molecule has 0 saturated heterocycles. The Hall–Kier alpha value is 0.0997. The van der Waals surface area contributed by atoms with Gasteiger partial charge in [0.2, 0.25) is 0 Å². The molecule has 0 spiro atoms. The fourth-order valence-electron chi connectivity index (χ4n) is 2.59. The number of ether oxygens (including phenoxy) is 1. The molecule has 150 valence electrons. The molecule has 0 amide bonds. The van der Waals surface area contributed by atoms with Crippen molar-refractivity contribution >= 4 is 49.7 Å². The van der Waals surface area contributed by atoms with Gasteiger partial charge in [-0.2, -0.15) is 0 Å². The number of aliphatic hydroxyl groups is 1. The quantitative estimate of drug-likeness (QED) is 0.137. The van der Waals surface area contributed by atoms with Gasteiger partial charge in [-0.25, -0.2) is 4.79 Å². The van der Waals surface area contributed by atoms with Gasteiger partial charge in [0, 0.05) is 6.42 Å². The van der Waals surface area contributed by atoms with E-state index in [0.29, 0.717) is 0 Å². The molecule has 1 unspecified atom stereocenters. The molecule has 0 aliphatic carbocycles. The van der Waals surface area contributed by atoms with E-state index < -0.39 is 18.0 Å². The molecule has 0 radical (unpaired) electrons. The second-order valence-electron chi connectivity index (χ2n) is 6.80. The van der Waals surface area contributed by atoms with Crippen LogP contribution in [-0.4, -0.2) is 60.9 Å². The first-order valence-corrected chi connectivity index (χ1v) is 10.2. The monoisotopic (exact) mass is 396 g/mol. The molecule has 0 aromatic rings. The zero-order valence-electron chi connectivity index (χ0n) is 16.3. The van der Waals surface area contributed by atoms with E-state index in [9.17, 15) is 9.59 Å². The first-order chi connectivity index (χ1) is 12.1. The topological polar surface area (TPSA) is 63.6 Å². The molecule has 4 nitrogen and oxygen atoms in total. The van der Waals surface area contributed by atoms with E-state index in [1.54, 1.807) is 0 Å². The molecule has 1 atom stereocenters. The van der Waals surface area contributed by atoms with Crippen LogP contribution in [0.15, 0.2) is 12.2 Å². The average molecular weight is 397 g/mol. The Morgan fingerprint density at radius 1 is 0.846 bits per heavy atom. The summed E-state index contributed by atoms with van der Waals surface area (Å²) in [6.07, 6.45) is 19.3. The van der Waals surface area contributed by atoms with Crippen LogP contribution in [0.3, 0.4) is 0 Å². The van der Waals surface area contributed by atoms with Gasteiger partial charge in [-0.1, -0.05) is 70.4 Å². The minimum absolute atomic E-state index is 0. The molecule has 0 aromatic heterocycles. The summed E-state index contributed by atoms with van der Waals surface area (Å²) in [5.74, 6) is -1.40. The van der Waals surface area contributed by atoms with Crippen LogP contribution >= 0.6 is 0 Å². The van der Waals surface area contributed by atoms with Crippen LogP contribution in [0, 0.1) is 0 Å². The predicted octanol–water partition coefficient (Wildman–Crippen LogP) is 4.56. The molecule has 0 fully saturated rings. The summed E-state index contributed by atoms with van der Waals surface area (Å²) >= 11 is 0.